The fourth-order valence-corrected chi connectivity index (χ4v) is 4.89. The van der Waals surface area contributed by atoms with Crippen molar-refractivity contribution in [2.75, 3.05) is 13.2 Å². The monoisotopic (exact) mass is 379 g/mol. The van der Waals surface area contributed by atoms with Crippen molar-refractivity contribution in [3.63, 3.8) is 0 Å². The van der Waals surface area contributed by atoms with Gasteiger partial charge >= 0.3 is 0 Å². The van der Waals surface area contributed by atoms with Crippen LogP contribution in [0.15, 0.2) is 41.5 Å². The van der Waals surface area contributed by atoms with Crippen LogP contribution in [0.25, 0.3) is 16.2 Å². The fourth-order valence-electron chi connectivity index (χ4n) is 4.65. The molecule has 0 saturated heterocycles. The van der Waals surface area contributed by atoms with Gasteiger partial charge in [-0.05, 0) is 36.6 Å². The summed E-state index contributed by atoms with van der Waals surface area (Å²) >= 11 is 6.33. The van der Waals surface area contributed by atoms with Crippen LogP contribution in [0.4, 0.5) is 0 Å². The maximum absolute atomic E-state index is 6.33. The highest BCUT2D eigenvalue weighted by molar-refractivity contribution is 6.49. The van der Waals surface area contributed by atoms with Gasteiger partial charge in [-0.1, -0.05) is 23.7 Å². The van der Waals surface area contributed by atoms with Gasteiger partial charge in [-0.2, -0.15) is 0 Å². The minimum Gasteiger partial charge on any atom is -0.493 e. The predicted octanol–water partition coefficient (Wildman–Crippen LogP) is 3.60. The maximum Gasteiger partial charge on any atom is 0.283 e. The molecule has 6 heteroatoms. The molecule has 3 heterocycles. The van der Waals surface area contributed by atoms with Gasteiger partial charge in [-0.3, -0.25) is 4.98 Å². The summed E-state index contributed by atoms with van der Waals surface area (Å²) in [7, 11) is 0. The summed E-state index contributed by atoms with van der Waals surface area (Å²) in [6.45, 7) is 1.15. The van der Waals surface area contributed by atoms with Crippen LogP contribution in [0.5, 0.6) is 5.75 Å². The van der Waals surface area contributed by atoms with E-state index in [1.165, 1.54) is 0 Å². The van der Waals surface area contributed by atoms with Crippen LogP contribution >= 0.6 is 11.6 Å². The van der Waals surface area contributed by atoms with Crippen molar-refractivity contribution in [3.8, 4) is 16.9 Å². The Morgan fingerprint density at radius 2 is 1.96 bits per heavy atom. The first-order valence-electron chi connectivity index (χ1n) is 9.21. The number of ether oxygens (including phenoxy) is 2. The van der Waals surface area contributed by atoms with Gasteiger partial charge in [0.15, 0.2) is 0 Å². The minimum atomic E-state index is -0.442. The zero-order valence-corrected chi connectivity index (χ0v) is 15.4. The van der Waals surface area contributed by atoms with Crippen molar-refractivity contribution < 1.29 is 9.47 Å². The van der Waals surface area contributed by atoms with E-state index in [9.17, 15) is 0 Å². The Bertz CT molecular complexity index is 1060. The van der Waals surface area contributed by atoms with E-state index in [4.69, 9.17) is 31.8 Å². The zero-order chi connectivity index (χ0) is 18.2. The van der Waals surface area contributed by atoms with E-state index in [-0.39, 0.29) is 11.4 Å². The third-order valence-electron chi connectivity index (χ3n) is 6.43. The number of fused-ring (bicyclic) bond motifs is 4. The number of nitrogens with two attached hydrogens (primary N) is 1. The van der Waals surface area contributed by atoms with Gasteiger partial charge in [-0.15, -0.1) is 0 Å². The first kappa shape index (κ1) is 15.5. The molecular weight excluding hydrogens is 362 g/mol. The van der Waals surface area contributed by atoms with Gasteiger partial charge < -0.3 is 15.2 Å². The van der Waals surface area contributed by atoms with E-state index in [1.807, 2.05) is 18.3 Å². The Kier molecular flexibility index (Phi) is 2.90. The van der Waals surface area contributed by atoms with Crippen molar-refractivity contribution in [3.05, 3.63) is 53.4 Å². The van der Waals surface area contributed by atoms with Crippen LogP contribution < -0.4 is 10.5 Å². The lowest BCUT2D eigenvalue weighted by Crippen LogP contribution is -2.44. The summed E-state index contributed by atoms with van der Waals surface area (Å²) in [4.78, 5) is 9.39. The number of pyridine rings is 1. The van der Waals surface area contributed by atoms with Crippen LogP contribution in [0.3, 0.4) is 0 Å². The van der Waals surface area contributed by atoms with Crippen LogP contribution in [-0.2, 0) is 16.7 Å². The molecule has 0 radical (unpaired) electrons. The highest BCUT2D eigenvalue weighted by Crippen LogP contribution is 2.65. The molecule has 5 nitrogen and oxygen atoms in total. The second-order valence-electron chi connectivity index (χ2n) is 7.85. The Labute approximate surface area is 161 Å². The van der Waals surface area contributed by atoms with Crippen LogP contribution in [0.1, 0.15) is 29.7 Å². The number of aliphatic imine (C=N–C) groups is 1. The largest absolute Gasteiger partial charge is 0.493 e. The smallest absolute Gasteiger partial charge is 0.283 e. The average Bonchev–Trinajstić information content (AvgIpc) is 3.24. The molecule has 0 amide bonds. The summed E-state index contributed by atoms with van der Waals surface area (Å²) in [5.41, 5.74) is 10.7. The van der Waals surface area contributed by atoms with Crippen LogP contribution in [0.2, 0.25) is 0 Å². The molecule has 136 valence electrons. The molecule has 1 unspecified atom stereocenters. The second kappa shape index (κ2) is 5.04. The summed E-state index contributed by atoms with van der Waals surface area (Å²) in [5.74, 6) is 0.866. The second-order valence-corrected chi connectivity index (χ2v) is 8.26. The Hall–Kier alpha value is -2.53. The average molecular weight is 380 g/mol. The molecule has 2 N–H and O–H groups in total. The molecule has 1 fully saturated rings. The number of nitrogens with zero attached hydrogens (tertiary/aromatic N) is 2. The number of aromatic nitrogens is 1. The Balaban J connectivity index is 1.51. The number of halogens is 1. The summed E-state index contributed by atoms with van der Waals surface area (Å²) in [5, 5.41) is 0.774. The molecule has 1 saturated carbocycles. The molecule has 2 aliphatic carbocycles. The number of hydrogen-bond acceptors (Lipinski definition) is 5. The zero-order valence-electron chi connectivity index (χ0n) is 14.7. The lowest BCUT2D eigenvalue weighted by Gasteiger charge is -2.39. The molecule has 0 bridgehead atoms. The van der Waals surface area contributed by atoms with E-state index >= 15 is 0 Å². The molecule has 2 spiro atoms. The topological polar surface area (TPSA) is 69.7 Å². The van der Waals surface area contributed by atoms with E-state index in [0.29, 0.717) is 13.2 Å². The molecule has 27 heavy (non-hydrogen) atoms. The first-order chi connectivity index (χ1) is 13.1. The third-order valence-corrected chi connectivity index (χ3v) is 6.78. The summed E-state index contributed by atoms with van der Waals surface area (Å²) in [6.07, 6.45) is 6.87. The molecule has 2 aromatic rings. The predicted molar refractivity (Wildman–Crippen MR) is 104 cm³/mol. The van der Waals surface area contributed by atoms with E-state index in [2.05, 4.69) is 23.2 Å². The fraction of sp³-hybridized carbons (Fsp3) is 0.333. The van der Waals surface area contributed by atoms with Crippen molar-refractivity contribution >= 4 is 22.7 Å². The van der Waals surface area contributed by atoms with Crippen molar-refractivity contribution in [1.29, 1.82) is 0 Å². The molecule has 2 aliphatic heterocycles. The van der Waals surface area contributed by atoms with Gasteiger partial charge in [0.25, 0.3) is 6.02 Å². The number of rotatable bonds is 1. The number of hydrogen-bond donors (Lipinski definition) is 1. The maximum atomic E-state index is 6.33. The molecule has 1 aromatic carbocycles. The molecule has 1 aromatic heterocycles. The molecular formula is C21H18ClN3O2. The standard InChI is InChI=1S/C21H18ClN3O2/c22-16-2-3-17-14(16)7-13(9-24-17)12-1-4-18-15(8-12)21(11-27-19(23)25-21)20(5-6-20)10-26-18/h1-2,4,7-9H,3,5-6,10-11H2,(H2,23,25). The summed E-state index contributed by atoms with van der Waals surface area (Å²) in [6, 6.07) is 8.64. The van der Waals surface area contributed by atoms with Gasteiger partial charge in [0.1, 0.15) is 17.9 Å². The van der Waals surface area contributed by atoms with Crippen molar-refractivity contribution in [1.82, 2.24) is 4.98 Å². The molecule has 1 atom stereocenters. The van der Waals surface area contributed by atoms with Crippen LogP contribution in [0, 0.1) is 5.41 Å². The van der Waals surface area contributed by atoms with Gasteiger partial charge in [0.2, 0.25) is 0 Å². The Morgan fingerprint density at radius 3 is 2.74 bits per heavy atom. The van der Waals surface area contributed by atoms with E-state index in [0.717, 1.165) is 58.0 Å². The summed E-state index contributed by atoms with van der Waals surface area (Å²) < 4.78 is 11.7. The third kappa shape index (κ3) is 2.00. The van der Waals surface area contributed by atoms with Gasteiger partial charge in [0.05, 0.1) is 12.3 Å². The van der Waals surface area contributed by atoms with Crippen molar-refractivity contribution in [2.45, 2.75) is 24.8 Å². The van der Waals surface area contributed by atoms with Gasteiger partial charge in [0, 0.05) is 39.8 Å². The minimum absolute atomic E-state index is 0.00196. The van der Waals surface area contributed by atoms with E-state index in [1.54, 1.807) is 0 Å². The normalized spacial score (nSPS) is 26.1. The quantitative estimate of drug-likeness (QED) is 0.821. The number of benzene rings is 1. The lowest BCUT2D eigenvalue weighted by molar-refractivity contribution is 0.0871. The van der Waals surface area contributed by atoms with Crippen molar-refractivity contribution in [2.24, 2.45) is 16.1 Å². The highest BCUT2D eigenvalue weighted by Gasteiger charge is 2.66. The van der Waals surface area contributed by atoms with Crippen LogP contribution in [-0.4, -0.2) is 24.2 Å². The van der Waals surface area contributed by atoms with Gasteiger partial charge in [-0.25, -0.2) is 4.99 Å². The Morgan fingerprint density at radius 1 is 1.07 bits per heavy atom. The first-order valence-corrected chi connectivity index (χ1v) is 9.59. The molecule has 4 aliphatic rings. The highest BCUT2D eigenvalue weighted by atomic mass is 35.5. The SMILES string of the molecule is NC1=NC2(CO1)c1cc(-c3cnc4c(c3)C(Cl)=CC4)ccc1OCC21CC1. The molecule has 6 rings (SSSR count). The number of allylic oxidation sites excluding steroid dienone is 1. The van der Waals surface area contributed by atoms with E-state index < -0.39 is 5.54 Å². The lowest BCUT2D eigenvalue weighted by atomic mass is 9.74. The number of amidine groups is 1.